The van der Waals surface area contributed by atoms with Crippen molar-refractivity contribution in [3.8, 4) is 22.6 Å². The van der Waals surface area contributed by atoms with E-state index in [1.165, 1.54) is 12.1 Å². The number of halogens is 1. The van der Waals surface area contributed by atoms with Gasteiger partial charge in [0.25, 0.3) is 0 Å². The molecule has 0 saturated carbocycles. The first-order chi connectivity index (χ1) is 13.2. The molecule has 0 saturated heterocycles. The third-order valence-electron chi connectivity index (χ3n) is 4.11. The molecule has 0 radical (unpaired) electrons. The van der Waals surface area contributed by atoms with E-state index in [1.807, 2.05) is 42.1 Å². The first-order valence-corrected chi connectivity index (χ1v) is 8.45. The molecule has 0 spiro atoms. The number of hydrogen-bond donors (Lipinski definition) is 1. The molecule has 0 aliphatic rings. The van der Waals surface area contributed by atoms with Crippen molar-refractivity contribution in [1.82, 2.24) is 24.5 Å². The summed E-state index contributed by atoms with van der Waals surface area (Å²) in [5, 5.41) is 3.18. The van der Waals surface area contributed by atoms with E-state index in [0.717, 1.165) is 5.69 Å². The molecule has 4 rings (SSSR count). The molecule has 0 amide bonds. The van der Waals surface area contributed by atoms with E-state index >= 15 is 0 Å². The van der Waals surface area contributed by atoms with Crippen LogP contribution in [0.1, 0.15) is 5.69 Å². The topological polar surface area (TPSA) is 68.5 Å². The Morgan fingerprint density at radius 1 is 1.04 bits per heavy atom. The summed E-state index contributed by atoms with van der Waals surface area (Å²) in [6, 6.07) is 12.1. The van der Waals surface area contributed by atoms with Crippen molar-refractivity contribution >= 4 is 5.95 Å². The van der Waals surface area contributed by atoms with Crippen LogP contribution in [0.15, 0.2) is 67.3 Å². The van der Waals surface area contributed by atoms with Gasteiger partial charge in [0.05, 0.1) is 12.2 Å². The van der Waals surface area contributed by atoms with Crippen LogP contribution in [-0.4, -0.2) is 24.5 Å². The van der Waals surface area contributed by atoms with Gasteiger partial charge in [-0.3, -0.25) is 4.98 Å². The number of pyridine rings is 1. The van der Waals surface area contributed by atoms with Gasteiger partial charge in [-0.2, -0.15) is 0 Å². The number of imidazole rings is 1. The fraction of sp³-hybridized carbons (Fsp3) is 0.100. The molecule has 27 heavy (non-hydrogen) atoms. The number of nitrogens with zero attached hydrogens (tertiary/aromatic N) is 5. The Kier molecular flexibility index (Phi) is 4.57. The van der Waals surface area contributed by atoms with Gasteiger partial charge in [0.2, 0.25) is 5.95 Å². The highest BCUT2D eigenvalue weighted by Crippen LogP contribution is 2.30. The van der Waals surface area contributed by atoms with Crippen molar-refractivity contribution in [1.29, 1.82) is 0 Å². The second kappa shape index (κ2) is 7.33. The summed E-state index contributed by atoms with van der Waals surface area (Å²) in [6.07, 6.45) is 6.97. The fourth-order valence-corrected chi connectivity index (χ4v) is 2.77. The molecule has 0 aliphatic heterocycles. The van der Waals surface area contributed by atoms with Crippen LogP contribution in [0.25, 0.3) is 22.6 Å². The molecule has 0 aliphatic carbocycles. The molecule has 3 aromatic heterocycles. The van der Waals surface area contributed by atoms with Crippen molar-refractivity contribution in [3.05, 3.63) is 78.8 Å². The largest absolute Gasteiger partial charge is 0.349 e. The molecule has 0 bridgehead atoms. The SMILES string of the molecule is Cn1ccnc1-c1nc(NCc2ccccn2)ncc1-c1cccc(F)c1. The Balaban J connectivity index is 1.73. The van der Waals surface area contributed by atoms with Gasteiger partial charge in [-0.15, -0.1) is 0 Å². The van der Waals surface area contributed by atoms with Crippen LogP contribution < -0.4 is 5.32 Å². The average molecular weight is 360 g/mol. The lowest BCUT2D eigenvalue weighted by Crippen LogP contribution is -2.07. The predicted molar refractivity (Wildman–Crippen MR) is 101 cm³/mol. The van der Waals surface area contributed by atoms with Gasteiger partial charge in [-0.05, 0) is 29.8 Å². The lowest BCUT2D eigenvalue weighted by Gasteiger charge is -2.11. The number of aryl methyl sites for hydroxylation is 1. The Morgan fingerprint density at radius 3 is 2.70 bits per heavy atom. The monoisotopic (exact) mass is 360 g/mol. The summed E-state index contributed by atoms with van der Waals surface area (Å²) in [7, 11) is 1.89. The van der Waals surface area contributed by atoms with Crippen LogP contribution in [-0.2, 0) is 13.6 Å². The van der Waals surface area contributed by atoms with E-state index in [2.05, 4.69) is 25.3 Å². The molecule has 1 aromatic carbocycles. The van der Waals surface area contributed by atoms with Crippen molar-refractivity contribution in [2.24, 2.45) is 7.05 Å². The standard InChI is InChI=1S/C20H17FN6/c1-27-10-9-23-19(27)18-17(14-5-4-6-15(21)11-14)13-25-20(26-18)24-12-16-7-2-3-8-22-16/h2-11,13H,12H2,1H3,(H,24,25,26). The van der Waals surface area contributed by atoms with Gasteiger partial charge < -0.3 is 9.88 Å². The van der Waals surface area contributed by atoms with Crippen LogP contribution in [0.3, 0.4) is 0 Å². The lowest BCUT2D eigenvalue weighted by atomic mass is 10.1. The molecule has 134 valence electrons. The van der Waals surface area contributed by atoms with Gasteiger partial charge in [0.15, 0.2) is 5.82 Å². The van der Waals surface area contributed by atoms with Gasteiger partial charge in [-0.25, -0.2) is 19.3 Å². The van der Waals surface area contributed by atoms with Crippen LogP contribution >= 0.6 is 0 Å². The summed E-state index contributed by atoms with van der Waals surface area (Å²) in [4.78, 5) is 17.7. The zero-order valence-corrected chi connectivity index (χ0v) is 14.7. The number of hydrogen-bond acceptors (Lipinski definition) is 5. The highest BCUT2D eigenvalue weighted by molar-refractivity contribution is 5.78. The van der Waals surface area contributed by atoms with Crippen LogP contribution in [0.5, 0.6) is 0 Å². The molecule has 1 N–H and O–H groups in total. The second-order valence-corrected chi connectivity index (χ2v) is 6.00. The fourth-order valence-electron chi connectivity index (χ4n) is 2.77. The Labute approximate surface area is 155 Å². The summed E-state index contributed by atoms with van der Waals surface area (Å²) < 4.78 is 15.6. The molecular weight excluding hydrogens is 343 g/mol. The smallest absolute Gasteiger partial charge is 0.223 e. The van der Waals surface area contributed by atoms with E-state index in [4.69, 9.17) is 0 Å². The molecule has 0 atom stereocenters. The minimum absolute atomic E-state index is 0.310. The molecule has 6 nitrogen and oxygen atoms in total. The number of rotatable bonds is 5. The van der Waals surface area contributed by atoms with Gasteiger partial charge in [0, 0.05) is 37.4 Å². The van der Waals surface area contributed by atoms with Crippen LogP contribution in [0.2, 0.25) is 0 Å². The Bertz CT molecular complexity index is 1060. The normalized spacial score (nSPS) is 10.7. The van der Waals surface area contributed by atoms with Gasteiger partial charge >= 0.3 is 0 Å². The van der Waals surface area contributed by atoms with Crippen molar-refractivity contribution in [2.75, 3.05) is 5.32 Å². The summed E-state index contributed by atoms with van der Waals surface area (Å²) in [5.41, 5.74) is 2.93. The number of anilines is 1. The molecule has 7 heteroatoms. The van der Waals surface area contributed by atoms with E-state index in [-0.39, 0.29) is 5.82 Å². The third-order valence-corrected chi connectivity index (χ3v) is 4.11. The van der Waals surface area contributed by atoms with E-state index in [0.29, 0.717) is 35.1 Å². The van der Waals surface area contributed by atoms with Crippen LogP contribution in [0, 0.1) is 5.82 Å². The second-order valence-electron chi connectivity index (χ2n) is 6.00. The molecular formula is C20H17FN6. The summed E-state index contributed by atoms with van der Waals surface area (Å²) in [6.45, 7) is 0.500. The quantitative estimate of drug-likeness (QED) is 0.588. The Hall–Kier alpha value is -3.61. The van der Waals surface area contributed by atoms with Gasteiger partial charge in [0.1, 0.15) is 11.5 Å². The molecule has 3 heterocycles. The number of benzene rings is 1. The van der Waals surface area contributed by atoms with E-state index in [9.17, 15) is 4.39 Å². The number of nitrogens with one attached hydrogen (secondary N) is 1. The first kappa shape index (κ1) is 16.8. The Morgan fingerprint density at radius 2 is 1.96 bits per heavy atom. The maximum atomic E-state index is 13.7. The predicted octanol–water partition coefficient (Wildman–Crippen LogP) is 3.69. The highest BCUT2D eigenvalue weighted by Gasteiger charge is 2.15. The third kappa shape index (κ3) is 3.67. The molecule has 4 aromatic rings. The van der Waals surface area contributed by atoms with Crippen molar-refractivity contribution in [2.45, 2.75) is 6.54 Å². The van der Waals surface area contributed by atoms with Crippen molar-refractivity contribution < 1.29 is 4.39 Å². The van der Waals surface area contributed by atoms with E-state index < -0.39 is 0 Å². The maximum Gasteiger partial charge on any atom is 0.223 e. The molecule has 0 unspecified atom stereocenters. The lowest BCUT2D eigenvalue weighted by molar-refractivity contribution is 0.628. The summed E-state index contributed by atoms with van der Waals surface area (Å²) >= 11 is 0. The minimum atomic E-state index is -0.310. The zero-order chi connectivity index (χ0) is 18.6. The number of aromatic nitrogens is 5. The highest BCUT2D eigenvalue weighted by atomic mass is 19.1. The first-order valence-electron chi connectivity index (χ1n) is 8.45. The van der Waals surface area contributed by atoms with Crippen molar-refractivity contribution in [3.63, 3.8) is 0 Å². The van der Waals surface area contributed by atoms with Crippen LogP contribution in [0.4, 0.5) is 10.3 Å². The van der Waals surface area contributed by atoms with Gasteiger partial charge in [-0.1, -0.05) is 18.2 Å². The maximum absolute atomic E-state index is 13.7. The zero-order valence-electron chi connectivity index (χ0n) is 14.7. The van der Waals surface area contributed by atoms with E-state index in [1.54, 1.807) is 24.7 Å². The summed E-state index contributed by atoms with van der Waals surface area (Å²) in [5.74, 6) is 0.826. The minimum Gasteiger partial charge on any atom is -0.349 e. The molecule has 0 fully saturated rings. The average Bonchev–Trinajstić information content (AvgIpc) is 3.13.